The lowest BCUT2D eigenvalue weighted by molar-refractivity contribution is -0.219. The molecule has 272 valence electrons. The van der Waals surface area contributed by atoms with E-state index in [0.717, 1.165) is 70.3 Å². The fourth-order valence-electron chi connectivity index (χ4n) is 4.70. The molecule has 0 unspecified atom stereocenters. The van der Waals surface area contributed by atoms with Crippen LogP contribution in [0.15, 0.2) is 66.0 Å². The number of aromatic nitrogens is 5. The van der Waals surface area contributed by atoms with Crippen LogP contribution >= 0.6 is 11.8 Å². The number of alkyl halides is 3. The van der Waals surface area contributed by atoms with Crippen LogP contribution in [0.2, 0.25) is 0 Å². The van der Waals surface area contributed by atoms with Crippen LogP contribution in [0.3, 0.4) is 0 Å². The number of nitrogens with zero attached hydrogens (tertiary/aromatic N) is 5. The van der Waals surface area contributed by atoms with E-state index in [-0.39, 0.29) is 28.0 Å². The summed E-state index contributed by atoms with van der Waals surface area (Å²) in [6.45, 7) is 7.72. The largest absolute Gasteiger partial charge is 0.476 e. The van der Waals surface area contributed by atoms with Gasteiger partial charge in [0.15, 0.2) is 16.7 Å². The van der Waals surface area contributed by atoms with Crippen molar-refractivity contribution in [1.29, 1.82) is 0 Å². The molecule has 0 bridgehead atoms. The number of unbranched alkanes of at least 4 members (excludes halogenated alkanes) is 3. The number of aryl methyl sites for hydroxylation is 1. The summed E-state index contributed by atoms with van der Waals surface area (Å²) in [7, 11) is -4.33. The van der Waals surface area contributed by atoms with Gasteiger partial charge in [-0.25, -0.2) is 19.6 Å². The van der Waals surface area contributed by atoms with E-state index in [2.05, 4.69) is 50.2 Å². The Morgan fingerprint density at radius 3 is 2.40 bits per heavy atom. The van der Waals surface area contributed by atoms with E-state index in [0.29, 0.717) is 12.0 Å². The molecule has 0 fully saturated rings. The Bertz CT molecular complexity index is 1830. The van der Waals surface area contributed by atoms with E-state index in [1.165, 1.54) is 29.2 Å². The highest BCUT2D eigenvalue weighted by atomic mass is 32.2. The lowest BCUT2D eigenvalue weighted by Gasteiger charge is -2.26. The molecule has 3 aromatic heterocycles. The van der Waals surface area contributed by atoms with Crippen LogP contribution in [0.1, 0.15) is 58.9 Å². The first-order chi connectivity index (χ1) is 23.5. The Labute approximate surface area is 294 Å². The molecule has 0 aliphatic carbocycles. The monoisotopic (exact) mass is 737 g/mol. The van der Waals surface area contributed by atoms with Crippen LogP contribution in [-0.2, 0) is 16.4 Å². The summed E-state index contributed by atoms with van der Waals surface area (Å²) in [5.74, 6) is -0.988. The molecule has 4 aromatic rings. The normalized spacial score (nSPS) is 12.7. The van der Waals surface area contributed by atoms with Crippen molar-refractivity contribution in [3.8, 4) is 23.0 Å². The van der Waals surface area contributed by atoms with Crippen LogP contribution < -0.4 is 14.8 Å². The van der Waals surface area contributed by atoms with Crippen LogP contribution in [0.5, 0.6) is 5.88 Å². The Kier molecular flexibility index (Phi) is 12.9. The molecular formula is C34H43F4N7O3S2. The molecule has 0 aliphatic rings. The number of halogens is 4. The van der Waals surface area contributed by atoms with Gasteiger partial charge in [0, 0.05) is 29.1 Å². The number of hydrogen-bond acceptors (Lipinski definition) is 9. The standard InChI is InChI=1S/C34H43F4N7O3S2/c1-32(2,34(36,37)38)23-48-28-18-20-45(43-28)31-30(42-27(21-40-31)44-50(46,47)29-17-12-16-26(35)41-29)25-15-10-9-14-24(25)13-8-6-7-11-19-39-22-33(3,4)49-5/h9-10,12,14-18,20-21,39H,6-8,11,13,19,22-23H2,1-5H3,(H,42,44). The predicted octanol–water partition coefficient (Wildman–Crippen LogP) is 7.47. The zero-order valence-corrected chi connectivity index (χ0v) is 30.4. The number of ether oxygens (including phenoxy) is 1. The van der Waals surface area contributed by atoms with Crippen molar-refractivity contribution in [2.75, 3.05) is 30.7 Å². The molecule has 1 aromatic carbocycles. The number of nitrogens with one attached hydrogen (secondary N) is 2. The quantitative estimate of drug-likeness (QED) is 0.0608. The molecule has 0 amide bonds. The number of hydrogen-bond donors (Lipinski definition) is 2. The second kappa shape index (κ2) is 16.5. The lowest BCUT2D eigenvalue weighted by atomic mass is 9.94. The van der Waals surface area contributed by atoms with Gasteiger partial charge in [-0.05, 0) is 77.5 Å². The highest BCUT2D eigenvalue weighted by Crippen LogP contribution is 2.38. The van der Waals surface area contributed by atoms with E-state index in [1.54, 1.807) is 0 Å². The van der Waals surface area contributed by atoms with Crippen molar-refractivity contribution < 1.29 is 30.7 Å². The van der Waals surface area contributed by atoms with Gasteiger partial charge >= 0.3 is 6.18 Å². The van der Waals surface area contributed by atoms with Gasteiger partial charge < -0.3 is 10.1 Å². The van der Waals surface area contributed by atoms with Gasteiger partial charge in [0.05, 0.1) is 11.6 Å². The summed E-state index contributed by atoms with van der Waals surface area (Å²) in [4.78, 5) is 12.5. The summed E-state index contributed by atoms with van der Waals surface area (Å²) in [6.07, 6.45) is 4.95. The fourth-order valence-corrected chi connectivity index (χ4v) is 5.89. The van der Waals surface area contributed by atoms with E-state index in [9.17, 15) is 26.0 Å². The van der Waals surface area contributed by atoms with Gasteiger partial charge in [-0.2, -0.15) is 37.7 Å². The lowest BCUT2D eigenvalue weighted by Crippen LogP contribution is -2.37. The minimum absolute atomic E-state index is 0.0585. The number of anilines is 1. The zero-order chi connectivity index (χ0) is 36.6. The van der Waals surface area contributed by atoms with E-state index >= 15 is 0 Å². The third-order valence-corrected chi connectivity index (χ3v) is 10.5. The SMILES string of the molecule is CSC(C)(C)CNCCCCCCc1ccccc1-c1nc(NS(=O)(=O)c2cccc(F)n2)cnc1-n1ccc(OCC(C)(C)C(F)(F)F)n1. The van der Waals surface area contributed by atoms with E-state index in [4.69, 9.17) is 4.74 Å². The van der Waals surface area contributed by atoms with Crippen LogP contribution in [0.25, 0.3) is 17.1 Å². The second-order valence-corrected chi connectivity index (χ2v) is 16.2. The van der Waals surface area contributed by atoms with Gasteiger partial charge in [0.25, 0.3) is 10.0 Å². The van der Waals surface area contributed by atoms with Gasteiger partial charge in [-0.15, -0.1) is 5.10 Å². The first kappa shape index (κ1) is 39.0. The molecule has 3 heterocycles. The molecular weight excluding hydrogens is 695 g/mol. The van der Waals surface area contributed by atoms with E-state index in [1.807, 2.05) is 36.0 Å². The third kappa shape index (κ3) is 10.6. The Morgan fingerprint density at radius 2 is 1.68 bits per heavy atom. The third-order valence-electron chi connectivity index (χ3n) is 8.01. The maximum Gasteiger partial charge on any atom is 0.397 e. The number of sulfonamides is 1. The van der Waals surface area contributed by atoms with Crippen molar-refractivity contribution in [3.63, 3.8) is 0 Å². The zero-order valence-electron chi connectivity index (χ0n) is 28.7. The van der Waals surface area contributed by atoms with Crippen LogP contribution in [-0.4, -0.2) is 70.0 Å². The fraction of sp³-hybridized carbons (Fsp3) is 0.471. The van der Waals surface area contributed by atoms with Crippen LogP contribution in [0.4, 0.5) is 23.4 Å². The number of pyridine rings is 1. The molecule has 16 heteroatoms. The second-order valence-electron chi connectivity index (χ2n) is 13.1. The maximum atomic E-state index is 13.7. The molecule has 0 spiro atoms. The number of thioether (sulfide) groups is 1. The van der Waals surface area contributed by atoms with Gasteiger partial charge in [-0.1, -0.05) is 43.2 Å². The van der Waals surface area contributed by atoms with Crippen molar-refractivity contribution in [2.24, 2.45) is 5.41 Å². The highest BCUT2D eigenvalue weighted by molar-refractivity contribution is 7.99. The summed E-state index contributed by atoms with van der Waals surface area (Å²) in [5, 5.41) is 7.28. The average molecular weight is 738 g/mol. The summed E-state index contributed by atoms with van der Waals surface area (Å²) >= 11 is 1.83. The number of benzene rings is 1. The maximum absolute atomic E-state index is 13.7. The van der Waals surface area contributed by atoms with Gasteiger partial charge in [0.2, 0.25) is 11.8 Å². The van der Waals surface area contributed by atoms with Crippen molar-refractivity contribution in [1.82, 2.24) is 30.0 Å². The van der Waals surface area contributed by atoms with Crippen LogP contribution in [0, 0.1) is 11.4 Å². The Hall–Kier alpha value is -3.76. The van der Waals surface area contributed by atoms with E-state index < -0.39 is 39.2 Å². The highest BCUT2D eigenvalue weighted by Gasteiger charge is 2.48. The average Bonchev–Trinajstić information content (AvgIpc) is 3.53. The molecule has 4 rings (SSSR count). The number of rotatable bonds is 18. The van der Waals surface area contributed by atoms with Crippen molar-refractivity contribution in [2.45, 2.75) is 75.7 Å². The Morgan fingerprint density at radius 1 is 0.940 bits per heavy atom. The van der Waals surface area contributed by atoms with Gasteiger partial charge in [0.1, 0.15) is 12.3 Å². The predicted molar refractivity (Wildman–Crippen MR) is 188 cm³/mol. The van der Waals surface area contributed by atoms with Crippen molar-refractivity contribution >= 4 is 27.6 Å². The smallest absolute Gasteiger partial charge is 0.397 e. The van der Waals surface area contributed by atoms with Crippen molar-refractivity contribution in [3.05, 3.63) is 72.4 Å². The molecule has 0 saturated heterocycles. The topological polar surface area (TPSA) is 124 Å². The minimum Gasteiger partial charge on any atom is -0.476 e. The minimum atomic E-state index is -4.48. The molecule has 50 heavy (non-hydrogen) atoms. The Balaban J connectivity index is 1.58. The summed E-state index contributed by atoms with van der Waals surface area (Å²) < 4.78 is 89.3. The first-order valence-corrected chi connectivity index (χ1v) is 18.8. The molecule has 2 N–H and O–H groups in total. The molecule has 0 saturated carbocycles. The summed E-state index contributed by atoms with van der Waals surface area (Å²) in [5.41, 5.74) is -0.251. The molecule has 0 aliphatic heterocycles. The molecule has 0 radical (unpaired) electrons. The molecule has 10 nitrogen and oxygen atoms in total. The summed E-state index contributed by atoms with van der Waals surface area (Å²) in [6, 6.07) is 12.3. The molecule has 0 atom stereocenters. The first-order valence-electron chi connectivity index (χ1n) is 16.1. The van der Waals surface area contributed by atoms with Gasteiger partial charge in [-0.3, -0.25) is 4.72 Å².